The Morgan fingerprint density at radius 1 is 0.950 bits per heavy atom. The quantitative estimate of drug-likeness (QED) is 0.862. The number of nitrogens with one attached hydrogen (secondary N) is 1. The van der Waals surface area contributed by atoms with Crippen LogP contribution in [0.25, 0.3) is 0 Å². The first-order chi connectivity index (χ1) is 9.75. The van der Waals surface area contributed by atoms with Gasteiger partial charge in [0.05, 0.1) is 0 Å². The van der Waals surface area contributed by atoms with E-state index in [-0.39, 0.29) is 6.04 Å². The van der Waals surface area contributed by atoms with Gasteiger partial charge in [0.25, 0.3) is 0 Å². The Kier molecular flexibility index (Phi) is 3.64. The number of hydrogen-bond acceptors (Lipinski definition) is 2. The van der Waals surface area contributed by atoms with Gasteiger partial charge in [0.1, 0.15) is 5.60 Å². The second kappa shape index (κ2) is 5.43. The van der Waals surface area contributed by atoms with Crippen LogP contribution in [0, 0.1) is 5.92 Å². The van der Waals surface area contributed by atoms with Crippen LogP contribution < -0.4 is 5.23 Å². The fourth-order valence-corrected chi connectivity index (χ4v) is 3.25. The summed E-state index contributed by atoms with van der Waals surface area (Å²) >= 11 is 0. The molecular weight excluding hydrogens is 245 g/mol. The van der Waals surface area contributed by atoms with Crippen molar-refractivity contribution in [3.63, 3.8) is 0 Å². The lowest BCUT2D eigenvalue weighted by molar-refractivity contribution is 0.0991. The minimum atomic E-state index is -0.392. The van der Waals surface area contributed by atoms with Crippen LogP contribution in [0.2, 0.25) is 0 Å². The highest BCUT2D eigenvalue weighted by molar-refractivity contribution is 6.25. The highest BCUT2D eigenvalue weighted by Crippen LogP contribution is 2.41. The summed E-state index contributed by atoms with van der Waals surface area (Å²) in [6.45, 7) is 4.49. The fraction of sp³-hybridized carbons (Fsp3) is 0.294. The summed E-state index contributed by atoms with van der Waals surface area (Å²) < 4.78 is 6.28. The zero-order valence-electron chi connectivity index (χ0n) is 12.0. The van der Waals surface area contributed by atoms with Crippen molar-refractivity contribution >= 4 is 7.62 Å². The molecular formula is C17H20BNO. The summed E-state index contributed by atoms with van der Waals surface area (Å²) in [6.07, 6.45) is 0. The molecule has 2 aromatic carbocycles. The van der Waals surface area contributed by atoms with E-state index >= 15 is 0 Å². The van der Waals surface area contributed by atoms with Gasteiger partial charge < -0.3 is 9.88 Å². The Morgan fingerprint density at radius 2 is 1.45 bits per heavy atom. The van der Waals surface area contributed by atoms with Gasteiger partial charge in [-0.05, 0) is 17.0 Å². The summed E-state index contributed by atoms with van der Waals surface area (Å²) in [6, 6.07) is 21.3. The smallest absolute Gasteiger partial charge is 0.362 e. The molecule has 0 aliphatic carbocycles. The van der Waals surface area contributed by atoms with Crippen LogP contribution in [0.15, 0.2) is 60.7 Å². The SMILES string of the molecule is CC(C)[C@@H]1NBOC1(c1ccccc1)c1ccccc1. The predicted molar refractivity (Wildman–Crippen MR) is 83.7 cm³/mol. The Hall–Kier alpha value is -1.58. The van der Waals surface area contributed by atoms with Gasteiger partial charge in [0, 0.05) is 6.04 Å². The van der Waals surface area contributed by atoms with Crippen molar-refractivity contribution in [1.29, 1.82) is 0 Å². The molecule has 3 rings (SSSR count). The molecule has 1 atom stereocenters. The molecule has 3 heteroatoms. The van der Waals surface area contributed by atoms with E-state index < -0.39 is 5.60 Å². The van der Waals surface area contributed by atoms with Crippen molar-refractivity contribution in [1.82, 2.24) is 5.23 Å². The summed E-state index contributed by atoms with van der Waals surface area (Å²) in [5.41, 5.74) is 2.04. The number of rotatable bonds is 3. The first-order valence-corrected chi connectivity index (χ1v) is 7.23. The highest BCUT2D eigenvalue weighted by atomic mass is 16.5. The molecule has 0 unspecified atom stereocenters. The molecule has 1 fully saturated rings. The van der Waals surface area contributed by atoms with E-state index in [9.17, 15) is 0 Å². The molecule has 0 radical (unpaired) electrons. The molecule has 0 saturated carbocycles. The molecule has 1 heterocycles. The fourth-order valence-electron chi connectivity index (χ4n) is 3.25. The Morgan fingerprint density at radius 3 is 1.90 bits per heavy atom. The number of hydrogen-bond donors (Lipinski definition) is 1. The maximum Gasteiger partial charge on any atom is 0.362 e. The van der Waals surface area contributed by atoms with Crippen molar-refractivity contribution in [2.45, 2.75) is 25.5 Å². The zero-order valence-corrected chi connectivity index (χ0v) is 12.0. The van der Waals surface area contributed by atoms with Crippen molar-refractivity contribution in [2.75, 3.05) is 0 Å². The molecule has 1 aliphatic rings. The van der Waals surface area contributed by atoms with Gasteiger partial charge in [0.15, 0.2) is 0 Å². The third-order valence-electron chi connectivity index (χ3n) is 4.11. The lowest BCUT2D eigenvalue weighted by Crippen LogP contribution is -2.45. The summed E-state index contributed by atoms with van der Waals surface area (Å²) in [4.78, 5) is 0. The van der Waals surface area contributed by atoms with Crippen LogP contribution in [0.4, 0.5) is 0 Å². The van der Waals surface area contributed by atoms with E-state index in [4.69, 9.17) is 4.65 Å². The normalized spacial score (nSPS) is 20.9. The Labute approximate surface area is 121 Å². The molecule has 1 saturated heterocycles. The van der Waals surface area contributed by atoms with Crippen LogP contribution >= 0.6 is 0 Å². The molecule has 1 N–H and O–H groups in total. The molecule has 0 aromatic heterocycles. The molecule has 0 amide bonds. The maximum absolute atomic E-state index is 6.28. The van der Waals surface area contributed by atoms with Gasteiger partial charge in [0.2, 0.25) is 0 Å². The van der Waals surface area contributed by atoms with Crippen LogP contribution in [0.3, 0.4) is 0 Å². The van der Waals surface area contributed by atoms with Gasteiger partial charge in [-0.2, -0.15) is 0 Å². The standard InChI is InChI=1S/C17H20BNO/c1-13(2)16-17(20-18-19-16,14-9-5-3-6-10-14)15-11-7-4-8-12-15/h3-13,16,18-19H,1-2H3/t16-/m0/s1. The van der Waals surface area contributed by atoms with Crippen molar-refractivity contribution < 1.29 is 4.65 Å². The van der Waals surface area contributed by atoms with Crippen LogP contribution in [-0.4, -0.2) is 13.7 Å². The largest absolute Gasteiger partial charge is 0.409 e. The maximum atomic E-state index is 6.28. The molecule has 2 aromatic rings. The second-order valence-corrected chi connectivity index (χ2v) is 5.68. The summed E-state index contributed by atoms with van der Waals surface area (Å²) in [5, 5.41) is 3.52. The van der Waals surface area contributed by atoms with Crippen molar-refractivity contribution in [3.05, 3.63) is 71.8 Å². The highest BCUT2D eigenvalue weighted by Gasteiger charge is 2.48. The Bertz CT molecular complexity index is 516. The van der Waals surface area contributed by atoms with Crippen LogP contribution in [-0.2, 0) is 10.3 Å². The lowest BCUT2D eigenvalue weighted by atomic mass is 9.76. The molecule has 0 spiro atoms. The number of benzene rings is 2. The van der Waals surface area contributed by atoms with E-state index in [1.165, 1.54) is 11.1 Å². The second-order valence-electron chi connectivity index (χ2n) is 5.68. The topological polar surface area (TPSA) is 21.3 Å². The van der Waals surface area contributed by atoms with Crippen LogP contribution in [0.1, 0.15) is 25.0 Å². The van der Waals surface area contributed by atoms with Crippen molar-refractivity contribution in [3.8, 4) is 0 Å². The van der Waals surface area contributed by atoms with E-state index in [2.05, 4.69) is 79.7 Å². The third-order valence-corrected chi connectivity index (χ3v) is 4.11. The van der Waals surface area contributed by atoms with Crippen LogP contribution in [0.5, 0.6) is 0 Å². The summed E-state index contributed by atoms with van der Waals surface area (Å²) in [7, 11) is 0.590. The molecule has 102 valence electrons. The monoisotopic (exact) mass is 265 g/mol. The predicted octanol–water partition coefficient (Wildman–Crippen LogP) is 2.84. The minimum Gasteiger partial charge on any atom is -0.409 e. The average molecular weight is 265 g/mol. The van der Waals surface area contributed by atoms with Gasteiger partial charge in [-0.25, -0.2) is 0 Å². The molecule has 20 heavy (non-hydrogen) atoms. The third kappa shape index (κ3) is 2.07. The van der Waals surface area contributed by atoms with Gasteiger partial charge in [-0.15, -0.1) is 0 Å². The van der Waals surface area contributed by atoms with Crippen molar-refractivity contribution in [2.24, 2.45) is 5.92 Å². The van der Waals surface area contributed by atoms with E-state index in [1.54, 1.807) is 0 Å². The first-order valence-electron chi connectivity index (χ1n) is 7.23. The molecule has 2 nitrogen and oxygen atoms in total. The van der Waals surface area contributed by atoms with Gasteiger partial charge in [-0.1, -0.05) is 74.5 Å². The minimum absolute atomic E-state index is 0.271. The Balaban J connectivity index is 2.18. The van der Waals surface area contributed by atoms with E-state index in [0.717, 1.165) is 0 Å². The molecule has 1 aliphatic heterocycles. The summed E-state index contributed by atoms with van der Waals surface area (Å²) in [5.74, 6) is 0.484. The zero-order chi connectivity index (χ0) is 14.0. The molecule has 0 bridgehead atoms. The van der Waals surface area contributed by atoms with E-state index in [1.807, 2.05) is 0 Å². The lowest BCUT2D eigenvalue weighted by Gasteiger charge is -2.38. The average Bonchev–Trinajstić information content (AvgIpc) is 2.95. The van der Waals surface area contributed by atoms with E-state index in [0.29, 0.717) is 13.5 Å². The van der Waals surface area contributed by atoms with Gasteiger partial charge in [-0.3, -0.25) is 0 Å². The van der Waals surface area contributed by atoms with Gasteiger partial charge >= 0.3 is 7.62 Å². The first kappa shape index (κ1) is 13.4.